The molecule has 0 aliphatic heterocycles. The third-order valence-corrected chi connectivity index (χ3v) is 2.25. The Kier molecular flexibility index (Phi) is 27.7. The summed E-state index contributed by atoms with van der Waals surface area (Å²) in [5, 5.41) is 9.19. The van der Waals surface area contributed by atoms with E-state index in [2.05, 4.69) is 38.4 Å². The molecule has 0 amide bonds. The number of thiocarbonyl (C=S) groups is 1. The van der Waals surface area contributed by atoms with Gasteiger partial charge in [-0.15, -0.1) is 5.70 Å². The third kappa shape index (κ3) is 17.4. The number of allylic oxidation sites excluding steroid dienone is 5. The van der Waals surface area contributed by atoms with E-state index in [0.717, 1.165) is 6.21 Å². The van der Waals surface area contributed by atoms with Crippen molar-refractivity contribution in [2.45, 2.75) is 13.8 Å². The van der Waals surface area contributed by atoms with Gasteiger partial charge in [0.05, 0.1) is 0 Å². The maximum atomic E-state index is 10.4. The van der Waals surface area contributed by atoms with Gasteiger partial charge in [-0.1, -0.05) is 25.8 Å². The molecular weight excluding hydrogens is 282 g/mol. The summed E-state index contributed by atoms with van der Waals surface area (Å²) in [5.74, 6) is -0.358. The Balaban J connectivity index is -0.0000000774. The van der Waals surface area contributed by atoms with E-state index in [1.165, 1.54) is 6.08 Å². The van der Waals surface area contributed by atoms with Crippen molar-refractivity contribution in [1.82, 2.24) is 0 Å². The molecule has 6 heteroatoms. The molecule has 3 N–H and O–H groups in total. The Labute approximate surface area is 165 Å². The fraction of sp³-hybridized carbons (Fsp3) is 0.188. The van der Waals surface area contributed by atoms with Crippen molar-refractivity contribution < 1.29 is 42.5 Å². The van der Waals surface area contributed by atoms with E-state index in [9.17, 15) is 4.79 Å². The van der Waals surface area contributed by atoms with Gasteiger partial charge in [-0.25, -0.2) is 17.8 Å². The van der Waals surface area contributed by atoms with Gasteiger partial charge in [-0.2, -0.15) is 23.8 Å². The van der Waals surface area contributed by atoms with Crippen molar-refractivity contribution in [2.75, 3.05) is 0 Å². The minimum Gasteiger partial charge on any atom is -0.454 e. The van der Waals surface area contributed by atoms with Crippen molar-refractivity contribution in [3.05, 3.63) is 63.3 Å². The number of carbonyl (C=O) groups excluding carboxylic acids is 1. The molecule has 0 saturated carbocycles. The largest absolute Gasteiger partial charge is 1.00 e. The van der Waals surface area contributed by atoms with Crippen LogP contribution < -0.4 is 43.5 Å². The van der Waals surface area contributed by atoms with Crippen LogP contribution in [0.5, 0.6) is 0 Å². The maximum Gasteiger partial charge on any atom is 1.00 e. The fourth-order valence-electron chi connectivity index (χ4n) is 0.743. The van der Waals surface area contributed by atoms with Crippen molar-refractivity contribution in [1.29, 1.82) is 5.41 Å². The molecule has 0 radical (unpaired) electrons. The zero-order valence-corrected chi connectivity index (χ0v) is 15.1. The summed E-state index contributed by atoms with van der Waals surface area (Å²) in [6.45, 7) is 19.2. The van der Waals surface area contributed by atoms with Gasteiger partial charge in [0.15, 0.2) is 0 Å². The minimum absolute atomic E-state index is 0. The van der Waals surface area contributed by atoms with Gasteiger partial charge < -0.3 is 48.5 Å². The van der Waals surface area contributed by atoms with Crippen molar-refractivity contribution >= 4 is 29.6 Å². The van der Waals surface area contributed by atoms with E-state index in [1.54, 1.807) is 6.92 Å². The van der Waals surface area contributed by atoms with Gasteiger partial charge in [-0.05, 0) is 0 Å². The molecule has 0 spiro atoms. The van der Waals surface area contributed by atoms with E-state index in [0.29, 0.717) is 16.8 Å². The quantitative estimate of drug-likeness (QED) is 0.144. The first kappa shape index (κ1) is 33.1. The number of ketones is 1. The van der Waals surface area contributed by atoms with Gasteiger partial charge in [0.25, 0.3) is 0 Å². The molecule has 0 saturated heterocycles. The molecule has 0 fully saturated rings. The molecule has 22 heavy (non-hydrogen) atoms. The van der Waals surface area contributed by atoms with Gasteiger partial charge >= 0.3 is 37.7 Å². The maximum absolute atomic E-state index is 10.4. The average Bonchev–Trinajstić information content (AvgIpc) is 2.36. The third-order valence-electron chi connectivity index (χ3n) is 1.93. The normalized spacial score (nSPS) is 11.5. The van der Waals surface area contributed by atoms with Gasteiger partial charge in [0.1, 0.15) is 0 Å². The Morgan fingerprint density at radius 1 is 1.41 bits per heavy atom. The zero-order valence-electron chi connectivity index (χ0n) is 14.3. The van der Waals surface area contributed by atoms with Crippen LogP contribution in [0.4, 0.5) is 0 Å². The number of carbonyl (C=O) groups is 1. The Bertz CT molecular complexity index is 428. The van der Waals surface area contributed by atoms with Crippen LogP contribution >= 0.6 is 12.2 Å². The topological polar surface area (TPSA) is 66.9 Å². The number of hydrogen-bond donors (Lipinski definition) is 2. The number of hydrogen-bond acceptors (Lipinski definition) is 4. The van der Waals surface area contributed by atoms with E-state index in [4.69, 9.17) is 17.7 Å². The van der Waals surface area contributed by atoms with E-state index < -0.39 is 5.78 Å². The average molecular weight is 304 g/mol. The van der Waals surface area contributed by atoms with Crippen LogP contribution in [0, 0.1) is 46.1 Å². The SMILES string of the molecule is [CH-]=C(/C=C(/C)[C-]=S)C([CH2-])=O.[CH2-]/C(C=N)=C(/N)C([CH2-])C.[CH3-].[Li+].[Li+]. The van der Waals surface area contributed by atoms with Crippen LogP contribution in [0.2, 0.25) is 0 Å². The molecule has 0 bridgehead atoms. The second-order valence-corrected chi connectivity index (χ2v) is 4.04. The number of rotatable bonds is 5. The smallest absolute Gasteiger partial charge is 0.454 e. The molecular formula is C16H22Li2N2OS-4. The fourth-order valence-corrected chi connectivity index (χ4v) is 0.802. The van der Waals surface area contributed by atoms with E-state index in [-0.39, 0.29) is 56.6 Å². The molecule has 0 aliphatic rings. The molecule has 0 rings (SSSR count). The van der Waals surface area contributed by atoms with Crippen LogP contribution in [-0.4, -0.2) is 17.4 Å². The summed E-state index contributed by atoms with van der Waals surface area (Å²) in [6, 6.07) is 0. The Morgan fingerprint density at radius 3 is 2.00 bits per heavy atom. The molecule has 114 valence electrons. The molecule has 3 nitrogen and oxygen atoms in total. The van der Waals surface area contributed by atoms with Crippen molar-refractivity contribution in [3.8, 4) is 0 Å². The second-order valence-electron chi connectivity index (χ2n) is 3.83. The van der Waals surface area contributed by atoms with E-state index >= 15 is 0 Å². The van der Waals surface area contributed by atoms with Crippen LogP contribution in [0.1, 0.15) is 13.8 Å². The predicted molar refractivity (Wildman–Crippen MR) is 90.8 cm³/mol. The number of nitrogens with one attached hydrogen (secondary N) is 1. The predicted octanol–water partition coefficient (Wildman–Crippen LogP) is -2.82. The minimum atomic E-state index is -0.399. The van der Waals surface area contributed by atoms with Gasteiger partial charge in [0, 0.05) is 0 Å². The van der Waals surface area contributed by atoms with Crippen LogP contribution in [0.3, 0.4) is 0 Å². The zero-order chi connectivity index (χ0) is 15.6. The van der Waals surface area contributed by atoms with E-state index in [1.807, 2.05) is 6.92 Å². The molecule has 0 aliphatic carbocycles. The van der Waals surface area contributed by atoms with Gasteiger partial charge in [-0.3, -0.25) is 6.92 Å². The Morgan fingerprint density at radius 2 is 1.82 bits per heavy atom. The summed E-state index contributed by atoms with van der Waals surface area (Å²) < 4.78 is 0. The molecule has 1 unspecified atom stereocenters. The molecule has 0 aromatic carbocycles. The molecule has 0 aromatic rings. The molecule has 1 atom stereocenters. The van der Waals surface area contributed by atoms with Gasteiger partial charge in [0.2, 0.25) is 0 Å². The first-order valence-corrected chi connectivity index (χ1v) is 5.78. The number of Topliss-reactive ketones (excluding diaryl/α,β-unsaturated/α-hetero) is 1. The van der Waals surface area contributed by atoms with Crippen LogP contribution in [0.25, 0.3) is 0 Å². The molecule has 0 heterocycles. The summed E-state index contributed by atoms with van der Waals surface area (Å²) in [4.78, 5) is 10.4. The first-order valence-electron chi connectivity index (χ1n) is 5.37. The molecule has 0 aromatic heterocycles. The van der Waals surface area contributed by atoms with Crippen LogP contribution in [0.15, 0.2) is 28.5 Å². The summed E-state index contributed by atoms with van der Waals surface area (Å²) in [5.41, 5.74) is 7.38. The second kappa shape index (κ2) is 18.4. The monoisotopic (exact) mass is 304 g/mol. The summed E-state index contributed by atoms with van der Waals surface area (Å²) in [6.07, 6.45) is 2.58. The number of nitrogens with two attached hydrogens (primary N) is 1. The van der Waals surface area contributed by atoms with Crippen molar-refractivity contribution in [3.63, 3.8) is 0 Å². The summed E-state index contributed by atoms with van der Waals surface area (Å²) >= 11 is 4.46. The van der Waals surface area contributed by atoms with Crippen molar-refractivity contribution in [2.24, 2.45) is 11.7 Å². The van der Waals surface area contributed by atoms with Crippen LogP contribution in [-0.2, 0) is 4.79 Å². The first-order chi connectivity index (χ1) is 8.67. The Hall–Kier alpha value is -0.615. The summed E-state index contributed by atoms with van der Waals surface area (Å²) in [7, 11) is 0. The standard InChI is InChI=1S/C8H7OS.C7H12N2.CH3.2Li/c1-6(5-10)4-7(2)8(3)9;1-5(2)7(9)6(3)4-8;;;/h2,4H,3H2,1H3;4-5,8H,1,3,9H2,2H3;1H3;;/q-3;-2;-1;2*+1/b6-4-;7-6-,8-4?;;;.